The zero-order chi connectivity index (χ0) is 20.1. The maximum Gasteiger partial charge on any atom is 0.228 e. The second-order valence-electron chi connectivity index (χ2n) is 6.25. The Morgan fingerprint density at radius 3 is 2.52 bits per heavy atom. The minimum Gasteiger partial charge on any atom is -0.439 e. The maximum atomic E-state index is 12.2. The first kappa shape index (κ1) is 18.7. The molecule has 0 spiro atoms. The van der Waals surface area contributed by atoms with Crippen LogP contribution in [0, 0.1) is 0 Å². The van der Waals surface area contributed by atoms with Gasteiger partial charge in [-0.2, -0.15) is 0 Å². The Labute approximate surface area is 172 Å². The number of amides is 1. The van der Waals surface area contributed by atoms with Gasteiger partial charge in [0.2, 0.25) is 11.8 Å². The van der Waals surface area contributed by atoms with Crippen molar-refractivity contribution in [1.29, 1.82) is 0 Å². The maximum absolute atomic E-state index is 12.2. The van der Waals surface area contributed by atoms with Crippen molar-refractivity contribution < 1.29 is 9.53 Å². The number of nitrogens with zero attached hydrogens (tertiary/aromatic N) is 3. The third kappa shape index (κ3) is 4.80. The van der Waals surface area contributed by atoms with Crippen molar-refractivity contribution >= 4 is 23.2 Å². The van der Waals surface area contributed by atoms with E-state index in [1.807, 2.05) is 47.3 Å². The molecule has 0 atom stereocenters. The van der Waals surface area contributed by atoms with Crippen LogP contribution in [0.5, 0.6) is 11.6 Å². The molecule has 4 rings (SSSR count). The number of ether oxygens (including phenoxy) is 1. The van der Waals surface area contributed by atoms with Gasteiger partial charge >= 0.3 is 0 Å². The number of anilines is 1. The van der Waals surface area contributed by atoms with Gasteiger partial charge in [0.15, 0.2) is 0 Å². The molecule has 0 radical (unpaired) electrons. The first-order chi connectivity index (χ1) is 14.2. The van der Waals surface area contributed by atoms with Crippen LogP contribution in [-0.4, -0.2) is 20.4 Å². The fourth-order valence-electron chi connectivity index (χ4n) is 2.76. The molecule has 0 aliphatic carbocycles. The van der Waals surface area contributed by atoms with E-state index in [0.717, 1.165) is 5.56 Å². The van der Waals surface area contributed by atoms with Crippen LogP contribution >= 0.6 is 11.6 Å². The SMILES string of the molecule is O=C(Cc1ccccc1Cl)Nc1ccc(Oc2cc(-n3cccc3)ncn2)cc1. The summed E-state index contributed by atoms with van der Waals surface area (Å²) < 4.78 is 7.66. The van der Waals surface area contributed by atoms with Crippen molar-refractivity contribution in [2.24, 2.45) is 0 Å². The van der Waals surface area contributed by atoms with E-state index < -0.39 is 0 Å². The van der Waals surface area contributed by atoms with E-state index in [0.29, 0.717) is 28.2 Å². The lowest BCUT2D eigenvalue weighted by Crippen LogP contribution is -2.14. The number of rotatable bonds is 6. The molecule has 0 saturated carbocycles. The van der Waals surface area contributed by atoms with Crippen LogP contribution in [-0.2, 0) is 11.2 Å². The number of benzene rings is 2. The topological polar surface area (TPSA) is 69.0 Å². The Bertz CT molecular complexity index is 1110. The van der Waals surface area contributed by atoms with Gasteiger partial charge in [0.1, 0.15) is 17.9 Å². The molecule has 7 heteroatoms. The van der Waals surface area contributed by atoms with Crippen molar-refractivity contribution in [3.05, 3.63) is 96.0 Å². The van der Waals surface area contributed by atoms with Crippen molar-refractivity contribution in [1.82, 2.24) is 14.5 Å². The fraction of sp³-hybridized carbons (Fsp3) is 0.0455. The Kier molecular flexibility index (Phi) is 5.54. The molecule has 1 amide bonds. The van der Waals surface area contributed by atoms with Crippen LogP contribution in [0.2, 0.25) is 5.02 Å². The van der Waals surface area contributed by atoms with E-state index in [1.165, 1.54) is 6.33 Å². The van der Waals surface area contributed by atoms with Gasteiger partial charge in [-0.25, -0.2) is 9.97 Å². The highest BCUT2D eigenvalue weighted by Crippen LogP contribution is 2.23. The Morgan fingerprint density at radius 1 is 1.00 bits per heavy atom. The molecule has 144 valence electrons. The summed E-state index contributed by atoms with van der Waals surface area (Å²) in [5.74, 6) is 1.60. The normalized spacial score (nSPS) is 10.5. The molecule has 2 aromatic heterocycles. The predicted molar refractivity (Wildman–Crippen MR) is 112 cm³/mol. The number of hydrogen-bond donors (Lipinski definition) is 1. The van der Waals surface area contributed by atoms with Crippen molar-refractivity contribution in [2.75, 3.05) is 5.32 Å². The third-order valence-electron chi connectivity index (χ3n) is 4.17. The standard InChI is InChI=1S/C22H17ClN4O2/c23-19-6-2-1-5-16(19)13-21(28)26-17-7-9-18(10-8-17)29-22-14-20(24-15-25-22)27-11-3-4-12-27/h1-12,14-15H,13H2,(H,26,28). The number of carbonyl (C=O) groups is 1. The van der Waals surface area contributed by atoms with E-state index in [2.05, 4.69) is 15.3 Å². The first-order valence-corrected chi connectivity index (χ1v) is 9.32. The molecular formula is C22H17ClN4O2. The van der Waals surface area contributed by atoms with Crippen LogP contribution in [0.3, 0.4) is 0 Å². The Morgan fingerprint density at radius 2 is 1.76 bits per heavy atom. The zero-order valence-corrected chi connectivity index (χ0v) is 16.1. The minimum absolute atomic E-state index is 0.140. The van der Waals surface area contributed by atoms with Gasteiger partial charge in [0.25, 0.3) is 0 Å². The largest absolute Gasteiger partial charge is 0.439 e. The monoisotopic (exact) mass is 404 g/mol. The lowest BCUT2D eigenvalue weighted by atomic mass is 10.1. The van der Waals surface area contributed by atoms with Gasteiger partial charge < -0.3 is 14.6 Å². The lowest BCUT2D eigenvalue weighted by molar-refractivity contribution is -0.115. The van der Waals surface area contributed by atoms with Crippen LogP contribution in [0.15, 0.2) is 85.5 Å². The van der Waals surface area contributed by atoms with E-state index in [-0.39, 0.29) is 12.3 Å². The van der Waals surface area contributed by atoms with E-state index in [1.54, 1.807) is 36.4 Å². The van der Waals surface area contributed by atoms with Crippen molar-refractivity contribution in [3.63, 3.8) is 0 Å². The molecule has 0 unspecified atom stereocenters. The summed E-state index contributed by atoms with van der Waals surface area (Å²) in [6, 6.07) is 20.0. The number of hydrogen-bond acceptors (Lipinski definition) is 4. The Balaban J connectivity index is 1.39. The number of halogens is 1. The number of nitrogens with one attached hydrogen (secondary N) is 1. The van der Waals surface area contributed by atoms with Gasteiger partial charge in [0.05, 0.1) is 6.42 Å². The molecule has 29 heavy (non-hydrogen) atoms. The second-order valence-corrected chi connectivity index (χ2v) is 6.65. The molecule has 4 aromatic rings. The third-order valence-corrected chi connectivity index (χ3v) is 4.53. The predicted octanol–water partition coefficient (Wildman–Crippen LogP) is 4.89. The smallest absolute Gasteiger partial charge is 0.228 e. The minimum atomic E-state index is -0.140. The highest BCUT2D eigenvalue weighted by Gasteiger charge is 2.08. The summed E-state index contributed by atoms with van der Waals surface area (Å²) in [7, 11) is 0. The summed E-state index contributed by atoms with van der Waals surface area (Å²) in [5.41, 5.74) is 1.46. The zero-order valence-electron chi connectivity index (χ0n) is 15.3. The molecule has 0 saturated heterocycles. The average molecular weight is 405 g/mol. The van der Waals surface area contributed by atoms with Crippen molar-refractivity contribution in [3.8, 4) is 17.4 Å². The second kappa shape index (κ2) is 8.58. The summed E-state index contributed by atoms with van der Waals surface area (Å²) in [6.45, 7) is 0. The molecule has 0 bridgehead atoms. The number of carbonyl (C=O) groups excluding carboxylic acids is 1. The molecule has 1 N–H and O–H groups in total. The van der Waals surface area contributed by atoms with Crippen LogP contribution in [0.25, 0.3) is 5.82 Å². The highest BCUT2D eigenvalue weighted by molar-refractivity contribution is 6.31. The average Bonchev–Trinajstić information content (AvgIpc) is 3.26. The van der Waals surface area contributed by atoms with Gasteiger partial charge in [-0.15, -0.1) is 0 Å². The van der Waals surface area contributed by atoms with Crippen LogP contribution in [0.4, 0.5) is 5.69 Å². The van der Waals surface area contributed by atoms with Crippen LogP contribution < -0.4 is 10.1 Å². The lowest BCUT2D eigenvalue weighted by Gasteiger charge is -2.09. The molecular weight excluding hydrogens is 388 g/mol. The summed E-state index contributed by atoms with van der Waals surface area (Å²) in [5, 5.41) is 3.43. The van der Waals surface area contributed by atoms with Gasteiger partial charge in [0, 0.05) is 29.2 Å². The van der Waals surface area contributed by atoms with E-state index in [4.69, 9.17) is 16.3 Å². The molecule has 2 aromatic carbocycles. The first-order valence-electron chi connectivity index (χ1n) is 8.94. The fourth-order valence-corrected chi connectivity index (χ4v) is 2.96. The summed E-state index contributed by atoms with van der Waals surface area (Å²) >= 11 is 6.10. The van der Waals surface area contributed by atoms with Gasteiger partial charge in [-0.3, -0.25) is 4.79 Å². The molecule has 0 aliphatic heterocycles. The van der Waals surface area contributed by atoms with Gasteiger partial charge in [-0.1, -0.05) is 29.8 Å². The highest BCUT2D eigenvalue weighted by atomic mass is 35.5. The van der Waals surface area contributed by atoms with Gasteiger partial charge in [-0.05, 0) is 48.0 Å². The Hall–Kier alpha value is -3.64. The summed E-state index contributed by atoms with van der Waals surface area (Å²) in [6.07, 6.45) is 5.45. The van der Waals surface area contributed by atoms with E-state index in [9.17, 15) is 4.79 Å². The number of aromatic nitrogens is 3. The van der Waals surface area contributed by atoms with E-state index >= 15 is 0 Å². The molecule has 0 fully saturated rings. The molecule has 2 heterocycles. The van der Waals surface area contributed by atoms with Crippen molar-refractivity contribution in [2.45, 2.75) is 6.42 Å². The quantitative estimate of drug-likeness (QED) is 0.496. The molecule has 0 aliphatic rings. The summed E-state index contributed by atoms with van der Waals surface area (Å²) in [4.78, 5) is 20.6. The van der Waals surface area contributed by atoms with Crippen LogP contribution in [0.1, 0.15) is 5.56 Å². The molecule has 6 nitrogen and oxygen atoms in total.